The number of carbonyl (C=O) groups excluding carboxylic acids is 1. The molecule has 0 atom stereocenters. The molecule has 0 aromatic heterocycles. The minimum atomic E-state index is -0.164. The van der Waals surface area contributed by atoms with Gasteiger partial charge in [0.1, 0.15) is 0 Å². The van der Waals surface area contributed by atoms with Crippen LogP contribution in [0.25, 0.3) is 0 Å². The van der Waals surface area contributed by atoms with Crippen LogP contribution in [-0.4, -0.2) is 17.9 Å². The minimum Gasteiger partial charge on any atom is -0.397 e. The highest BCUT2D eigenvalue weighted by Gasteiger charge is 2.15. The van der Waals surface area contributed by atoms with Crippen molar-refractivity contribution in [3.63, 3.8) is 0 Å². The topological polar surface area (TPSA) is 46.3 Å². The molecule has 0 aliphatic heterocycles. The third-order valence-corrected chi connectivity index (χ3v) is 4.33. The summed E-state index contributed by atoms with van der Waals surface area (Å²) in [6, 6.07) is 10.8. The SMILES string of the molecule is CN(Cc1ccc(Br)cc1)C(=O)c1cc(N)c(Cl)c(Cl)c1. The summed E-state index contributed by atoms with van der Waals surface area (Å²) in [7, 11) is 1.73. The van der Waals surface area contributed by atoms with E-state index in [1.165, 1.54) is 12.1 Å². The molecule has 0 saturated heterocycles. The average molecular weight is 388 g/mol. The number of nitrogens with zero attached hydrogens (tertiary/aromatic N) is 1. The van der Waals surface area contributed by atoms with Gasteiger partial charge in [0.05, 0.1) is 15.7 Å². The van der Waals surface area contributed by atoms with Gasteiger partial charge in [-0.15, -0.1) is 0 Å². The van der Waals surface area contributed by atoms with Gasteiger partial charge in [0.15, 0.2) is 0 Å². The molecule has 6 heteroatoms. The molecule has 21 heavy (non-hydrogen) atoms. The second-order valence-corrected chi connectivity index (χ2v) is 6.35. The predicted octanol–water partition coefficient (Wildman–Crippen LogP) is 4.61. The molecule has 0 aliphatic carbocycles. The monoisotopic (exact) mass is 386 g/mol. The van der Waals surface area contributed by atoms with E-state index in [0.717, 1.165) is 10.0 Å². The lowest BCUT2D eigenvalue weighted by Gasteiger charge is -2.18. The maximum Gasteiger partial charge on any atom is 0.254 e. The Morgan fingerprint density at radius 2 is 1.86 bits per heavy atom. The van der Waals surface area contributed by atoms with Crippen LogP contribution in [0, 0.1) is 0 Å². The first-order chi connectivity index (χ1) is 9.88. The molecule has 1 amide bonds. The fourth-order valence-corrected chi connectivity index (χ4v) is 2.49. The Balaban J connectivity index is 2.17. The fraction of sp³-hybridized carbons (Fsp3) is 0.133. The Hall–Kier alpha value is -1.23. The minimum absolute atomic E-state index is 0.164. The maximum absolute atomic E-state index is 12.4. The summed E-state index contributed by atoms with van der Waals surface area (Å²) in [4.78, 5) is 14.0. The van der Waals surface area contributed by atoms with Crippen LogP contribution in [0.3, 0.4) is 0 Å². The summed E-state index contributed by atoms with van der Waals surface area (Å²) in [6.07, 6.45) is 0. The van der Waals surface area contributed by atoms with Gasteiger partial charge in [-0.25, -0.2) is 0 Å². The predicted molar refractivity (Wildman–Crippen MR) is 90.8 cm³/mol. The highest BCUT2D eigenvalue weighted by atomic mass is 79.9. The van der Waals surface area contributed by atoms with E-state index in [0.29, 0.717) is 17.8 Å². The van der Waals surface area contributed by atoms with Crippen LogP contribution in [0.4, 0.5) is 5.69 Å². The highest BCUT2D eigenvalue weighted by molar-refractivity contribution is 9.10. The van der Waals surface area contributed by atoms with Crippen molar-refractivity contribution in [2.45, 2.75) is 6.54 Å². The summed E-state index contributed by atoms with van der Waals surface area (Å²) >= 11 is 15.2. The number of carbonyl (C=O) groups is 1. The zero-order valence-electron chi connectivity index (χ0n) is 11.2. The van der Waals surface area contributed by atoms with E-state index < -0.39 is 0 Å². The van der Waals surface area contributed by atoms with Crippen molar-refractivity contribution in [3.05, 3.63) is 62.0 Å². The van der Waals surface area contributed by atoms with Crippen LogP contribution in [0.1, 0.15) is 15.9 Å². The normalized spacial score (nSPS) is 10.5. The van der Waals surface area contributed by atoms with Crippen LogP contribution in [0.2, 0.25) is 10.0 Å². The lowest BCUT2D eigenvalue weighted by Crippen LogP contribution is -2.26. The van der Waals surface area contributed by atoms with Crippen molar-refractivity contribution in [1.29, 1.82) is 0 Å². The van der Waals surface area contributed by atoms with Crippen LogP contribution in [0.15, 0.2) is 40.9 Å². The third-order valence-electron chi connectivity index (χ3n) is 2.98. The van der Waals surface area contributed by atoms with E-state index in [4.69, 9.17) is 28.9 Å². The van der Waals surface area contributed by atoms with Crippen LogP contribution < -0.4 is 5.73 Å². The zero-order valence-corrected chi connectivity index (χ0v) is 14.3. The van der Waals surface area contributed by atoms with E-state index in [-0.39, 0.29) is 16.0 Å². The number of amides is 1. The smallest absolute Gasteiger partial charge is 0.254 e. The number of hydrogen-bond donors (Lipinski definition) is 1. The van der Waals surface area contributed by atoms with E-state index >= 15 is 0 Å². The molecule has 2 aromatic rings. The van der Waals surface area contributed by atoms with E-state index in [9.17, 15) is 4.79 Å². The zero-order chi connectivity index (χ0) is 15.6. The van der Waals surface area contributed by atoms with Gasteiger partial charge in [0, 0.05) is 23.6 Å². The first-order valence-electron chi connectivity index (χ1n) is 6.13. The summed E-state index contributed by atoms with van der Waals surface area (Å²) < 4.78 is 0.998. The summed E-state index contributed by atoms with van der Waals surface area (Å²) in [5.41, 5.74) is 7.48. The molecule has 0 aliphatic rings. The van der Waals surface area contributed by atoms with E-state index in [1.54, 1.807) is 11.9 Å². The Bertz CT molecular complexity index is 651. The molecule has 0 saturated carbocycles. The van der Waals surface area contributed by atoms with Crippen molar-refractivity contribution >= 4 is 50.7 Å². The van der Waals surface area contributed by atoms with Gasteiger partial charge in [0.2, 0.25) is 0 Å². The molecule has 0 unspecified atom stereocenters. The molecule has 0 fully saturated rings. The summed E-state index contributed by atoms with van der Waals surface area (Å²) in [6.45, 7) is 0.492. The van der Waals surface area contributed by atoms with E-state index in [1.807, 2.05) is 24.3 Å². The lowest BCUT2D eigenvalue weighted by molar-refractivity contribution is 0.0785. The fourth-order valence-electron chi connectivity index (χ4n) is 1.89. The van der Waals surface area contributed by atoms with Gasteiger partial charge in [-0.3, -0.25) is 4.79 Å². The largest absolute Gasteiger partial charge is 0.397 e. The van der Waals surface area contributed by atoms with Gasteiger partial charge in [-0.05, 0) is 29.8 Å². The van der Waals surface area contributed by atoms with Crippen molar-refractivity contribution in [2.75, 3.05) is 12.8 Å². The Morgan fingerprint density at radius 1 is 1.24 bits per heavy atom. The second kappa shape index (κ2) is 6.69. The summed E-state index contributed by atoms with van der Waals surface area (Å²) in [5.74, 6) is -0.164. The molecule has 110 valence electrons. The highest BCUT2D eigenvalue weighted by Crippen LogP contribution is 2.29. The van der Waals surface area contributed by atoms with Crippen LogP contribution in [0.5, 0.6) is 0 Å². The summed E-state index contributed by atoms with van der Waals surface area (Å²) in [5, 5.41) is 0.542. The third kappa shape index (κ3) is 3.90. The maximum atomic E-state index is 12.4. The second-order valence-electron chi connectivity index (χ2n) is 4.65. The van der Waals surface area contributed by atoms with Gasteiger partial charge in [-0.1, -0.05) is 51.3 Å². The first kappa shape index (κ1) is 16.1. The molecule has 2 N–H and O–H groups in total. The molecule has 2 rings (SSSR count). The standard InChI is InChI=1S/C15H13BrCl2N2O/c1-20(8-9-2-4-11(16)5-3-9)15(21)10-6-12(17)14(18)13(19)7-10/h2-7H,8,19H2,1H3. The van der Waals surface area contributed by atoms with Gasteiger partial charge < -0.3 is 10.6 Å². The molecular weight excluding hydrogens is 375 g/mol. The molecule has 0 spiro atoms. The van der Waals surface area contributed by atoms with Crippen molar-refractivity contribution in [3.8, 4) is 0 Å². The molecule has 0 radical (unpaired) electrons. The van der Waals surface area contributed by atoms with Crippen LogP contribution >= 0.6 is 39.1 Å². The van der Waals surface area contributed by atoms with Crippen LogP contribution in [-0.2, 0) is 6.54 Å². The van der Waals surface area contributed by atoms with E-state index in [2.05, 4.69) is 15.9 Å². The molecule has 3 nitrogen and oxygen atoms in total. The van der Waals surface area contributed by atoms with Gasteiger partial charge >= 0.3 is 0 Å². The first-order valence-corrected chi connectivity index (χ1v) is 7.68. The van der Waals surface area contributed by atoms with Gasteiger partial charge in [0.25, 0.3) is 5.91 Å². The average Bonchev–Trinajstić information content (AvgIpc) is 2.45. The number of halogens is 3. The molecule has 0 heterocycles. The number of benzene rings is 2. The Labute approximate surface area is 141 Å². The van der Waals surface area contributed by atoms with Gasteiger partial charge in [-0.2, -0.15) is 0 Å². The molecule has 2 aromatic carbocycles. The Kier molecular flexibility index (Phi) is 5.14. The lowest BCUT2D eigenvalue weighted by atomic mass is 10.1. The number of hydrogen-bond acceptors (Lipinski definition) is 2. The van der Waals surface area contributed by atoms with Crippen molar-refractivity contribution < 1.29 is 4.79 Å². The quantitative estimate of drug-likeness (QED) is 0.781. The molecule has 0 bridgehead atoms. The van der Waals surface area contributed by atoms with Crippen molar-refractivity contribution in [1.82, 2.24) is 4.90 Å². The number of anilines is 1. The number of rotatable bonds is 3. The number of nitrogen functional groups attached to an aromatic ring is 1. The van der Waals surface area contributed by atoms with Crippen molar-refractivity contribution in [2.24, 2.45) is 0 Å². The molecular formula is C15H13BrCl2N2O. The number of nitrogens with two attached hydrogens (primary N) is 1. The Morgan fingerprint density at radius 3 is 2.43 bits per heavy atom.